The van der Waals surface area contributed by atoms with Crippen LogP contribution < -0.4 is 0 Å². The summed E-state index contributed by atoms with van der Waals surface area (Å²) in [6, 6.07) is 0. The topological polar surface area (TPSA) is 0 Å². The Kier molecular flexibility index (Phi) is 8.19. The van der Waals surface area contributed by atoms with Crippen molar-refractivity contribution in [2.75, 3.05) is 12.3 Å². The summed E-state index contributed by atoms with van der Waals surface area (Å²) in [6.45, 7) is 6.98. The molecule has 0 aromatic rings. The summed E-state index contributed by atoms with van der Waals surface area (Å²) in [6.07, 6.45) is 15.8. The molecule has 0 aromatic carbocycles. The molecular weight excluding hydrogens is 223 g/mol. The number of hydrogen-bond acceptors (Lipinski definition) is 0. The van der Waals surface area contributed by atoms with Crippen LogP contribution in [-0.4, -0.2) is 12.3 Å². The lowest BCUT2D eigenvalue weighted by Crippen LogP contribution is -1.89. The fraction of sp³-hybridized carbons (Fsp3) is 0.875. The average molecular weight is 254 g/mol. The Hall–Kier alpha value is 0.170. The largest absolute Gasteiger partial charge is 0.0795 e. The first-order valence-electron chi connectivity index (χ1n) is 7.79. The molecule has 1 unspecified atom stereocenters. The van der Waals surface area contributed by atoms with Gasteiger partial charge in [-0.2, -0.15) is 0 Å². The maximum Gasteiger partial charge on any atom is -0.0251 e. The van der Waals surface area contributed by atoms with Gasteiger partial charge >= 0.3 is 0 Å². The number of hydrogen-bond donors (Lipinski definition) is 0. The lowest BCUT2D eigenvalue weighted by atomic mass is 10.0. The van der Waals surface area contributed by atoms with Gasteiger partial charge in [-0.05, 0) is 56.2 Å². The third-order valence-corrected chi connectivity index (χ3v) is 6.78. The summed E-state index contributed by atoms with van der Waals surface area (Å²) < 4.78 is 0. The van der Waals surface area contributed by atoms with Crippen molar-refractivity contribution >= 4 is 7.92 Å². The van der Waals surface area contributed by atoms with Gasteiger partial charge in [0.05, 0.1) is 0 Å². The SMILES string of the molecule is CCCCC1=C(CCCC)P(CCCC)CC1. The molecule has 1 rings (SSSR count). The third kappa shape index (κ3) is 5.12. The molecular formula is C16H31P. The molecule has 0 spiro atoms. The second-order valence-electron chi connectivity index (χ2n) is 5.35. The first kappa shape index (κ1) is 15.2. The molecule has 0 saturated carbocycles. The molecule has 1 heteroatoms. The van der Waals surface area contributed by atoms with Gasteiger partial charge in [-0.1, -0.05) is 53.5 Å². The van der Waals surface area contributed by atoms with Gasteiger partial charge in [0.15, 0.2) is 0 Å². The summed E-state index contributed by atoms with van der Waals surface area (Å²) in [5.74, 6) is 0. The quantitative estimate of drug-likeness (QED) is 0.423. The van der Waals surface area contributed by atoms with E-state index in [1.807, 2.05) is 10.9 Å². The first-order valence-corrected chi connectivity index (χ1v) is 9.50. The van der Waals surface area contributed by atoms with Crippen molar-refractivity contribution < 1.29 is 0 Å². The Morgan fingerprint density at radius 1 is 0.882 bits per heavy atom. The summed E-state index contributed by atoms with van der Waals surface area (Å²) in [5, 5.41) is 1.96. The minimum Gasteiger partial charge on any atom is -0.0795 e. The molecule has 1 aliphatic heterocycles. The molecule has 0 aliphatic carbocycles. The van der Waals surface area contributed by atoms with Gasteiger partial charge in [-0.15, -0.1) is 0 Å². The van der Waals surface area contributed by atoms with Crippen molar-refractivity contribution in [3.05, 3.63) is 10.9 Å². The summed E-state index contributed by atoms with van der Waals surface area (Å²) in [5.41, 5.74) is 1.89. The number of rotatable bonds is 9. The van der Waals surface area contributed by atoms with Crippen molar-refractivity contribution in [1.29, 1.82) is 0 Å². The van der Waals surface area contributed by atoms with E-state index < -0.39 is 0 Å². The Bertz CT molecular complexity index is 230. The van der Waals surface area contributed by atoms with E-state index in [1.165, 1.54) is 70.1 Å². The van der Waals surface area contributed by atoms with Crippen molar-refractivity contribution in [2.45, 2.75) is 78.6 Å². The van der Waals surface area contributed by atoms with Crippen molar-refractivity contribution in [3.8, 4) is 0 Å². The molecule has 1 heterocycles. The molecule has 0 N–H and O–H groups in total. The molecule has 1 atom stereocenters. The second-order valence-corrected chi connectivity index (χ2v) is 7.86. The Morgan fingerprint density at radius 2 is 1.53 bits per heavy atom. The van der Waals surface area contributed by atoms with E-state index in [0.717, 1.165) is 0 Å². The highest BCUT2D eigenvalue weighted by atomic mass is 31.1. The molecule has 100 valence electrons. The van der Waals surface area contributed by atoms with E-state index in [2.05, 4.69) is 20.8 Å². The Balaban J connectivity index is 2.56. The molecule has 0 radical (unpaired) electrons. The maximum atomic E-state index is 2.33. The molecule has 1 aliphatic rings. The molecule has 0 bridgehead atoms. The lowest BCUT2D eigenvalue weighted by Gasteiger charge is -2.16. The van der Waals surface area contributed by atoms with Crippen LogP contribution >= 0.6 is 7.92 Å². The zero-order valence-corrected chi connectivity index (χ0v) is 13.1. The van der Waals surface area contributed by atoms with Crippen LogP contribution in [0.25, 0.3) is 0 Å². The van der Waals surface area contributed by atoms with Crippen molar-refractivity contribution in [1.82, 2.24) is 0 Å². The second kappa shape index (κ2) is 9.15. The van der Waals surface area contributed by atoms with E-state index in [9.17, 15) is 0 Å². The lowest BCUT2D eigenvalue weighted by molar-refractivity contribution is 0.752. The fourth-order valence-electron chi connectivity index (χ4n) is 2.71. The molecule has 0 nitrogen and oxygen atoms in total. The third-order valence-electron chi connectivity index (χ3n) is 3.85. The van der Waals surface area contributed by atoms with Gasteiger partial charge in [0, 0.05) is 0 Å². The highest BCUT2D eigenvalue weighted by Crippen LogP contribution is 2.56. The van der Waals surface area contributed by atoms with Gasteiger partial charge in [-0.25, -0.2) is 0 Å². The van der Waals surface area contributed by atoms with Crippen LogP contribution in [-0.2, 0) is 0 Å². The highest BCUT2D eigenvalue weighted by Gasteiger charge is 2.23. The van der Waals surface area contributed by atoms with E-state index in [1.54, 1.807) is 0 Å². The zero-order valence-electron chi connectivity index (χ0n) is 12.2. The fourth-order valence-corrected chi connectivity index (χ4v) is 5.85. The predicted octanol–water partition coefficient (Wildman–Crippen LogP) is 6.31. The molecule has 0 amide bonds. The zero-order chi connectivity index (χ0) is 12.5. The molecule has 0 saturated heterocycles. The highest BCUT2D eigenvalue weighted by molar-refractivity contribution is 7.62. The predicted molar refractivity (Wildman–Crippen MR) is 82.3 cm³/mol. The molecule has 0 aromatic heterocycles. The van der Waals surface area contributed by atoms with E-state index in [4.69, 9.17) is 0 Å². The standard InChI is InChI=1S/C16H31P/c1-4-7-10-15-12-14-17(13-9-6-3)16(15)11-8-5-2/h4-14H2,1-3H3. The van der Waals surface area contributed by atoms with Gasteiger partial charge in [0.1, 0.15) is 0 Å². The van der Waals surface area contributed by atoms with Gasteiger partial charge in [-0.3, -0.25) is 0 Å². The van der Waals surface area contributed by atoms with Crippen LogP contribution in [0.5, 0.6) is 0 Å². The monoisotopic (exact) mass is 254 g/mol. The summed E-state index contributed by atoms with van der Waals surface area (Å²) in [7, 11) is 0.298. The van der Waals surface area contributed by atoms with Gasteiger partial charge < -0.3 is 0 Å². The molecule has 0 fully saturated rings. The van der Waals surface area contributed by atoms with E-state index in [-0.39, 0.29) is 0 Å². The smallest absolute Gasteiger partial charge is 0.0251 e. The van der Waals surface area contributed by atoms with Gasteiger partial charge in [0.2, 0.25) is 0 Å². The van der Waals surface area contributed by atoms with E-state index >= 15 is 0 Å². The minimum absolute atomic E-state index is 0.298. The van der Waals surface area contributed by atoms with Crippen molar-refractivity contribution in [2.24, 2.45) is 0 Å². The van der Waals surface area contributed by atoms with E-state index in [0.29, 0.717) is 7.92 Å². The Labute approximate surface area is 110 Å². The summed E-state index contributed by atoms with van der Waals surface area (Å²) >= 11 is 0. The Morgan fingerprint density at radius 3 is 2.18 bits per heavy atom. The van der Waals surface area contributed by atoms with Crippen LogP contribution in [0, 0.1) is 0 Å². The first-order chi connectivity index (χ1) is 8.33. The van der Waals surface area contributed by atoms with Crippen LogP contribution in [0.4, 0.5) is 0 Å². The van der Waals surface area contributed by atoms with Crippen LogP contribution in [0.2, 0.25) is 0 Å². The van der Waals surface area contributed by atoms with Crippen LogP contribution in [0.15, 0.2) is 10.9 Å². The average Bonchev–Trinajstić information content (AvgIpc) is 2.73. The van der Waals surface area contributed by atoms with Crippen molar-refractivity contribution in [3.63, 3.8) is 0 Å². The minimum atomic E-state index is 0.298. The number of unbranched alkanes of at least 4 members (excludes halogenated alkanes) is 3. The number of allylic oxidation sites excluding steroid dienone is 2. The van der Waals surface area contributed by atoms with Gasteiger partial charge in [0.25, 0.3) is 0 Å². The normalized spacial score (nSPS) is 20.3. The van der Waals surface area contributed by atoms with Crippen LogP contribution in [0.1, 0.15) is 78.6 Å². The maximum absolute atomic E-state index is 2.33. The molecule has 17 heavy (non-hydrogen) atoms. The van der Waals surface area contributed by atoms with Crippen LogP contribution in [0.3, 0.4) is 0 Å². The summed E-state index contributed by atoms with van der Waals surface area (Å²) in [4.78, 5) is 0.